The van der Waals surface area contributed by atoms with Gasteiger partial charge in [-0.25, -0.2) is 0 Å². The van der Waals surface area contributed by atoms with Crippen LogP contribution in [0.25, 0.3) is 0 Å². The van der Waals surface area contributed by atoms with Gasteiger partial charge in [-0.15, -0.1) is 18.3 Å². The second-order valence-corrected chi connectivity index (χ2v) is 11.9. The smallest absolute Gasteiger partial charge is 0.311 e. The number of aliphatic hydroxyl groups is 1. The highest BCUT2D eigenvalue weighted by Crippen LogP contribution is 2.68. The van der Waals surface area contributed by atoms with Gasteiger partial charge in [0.15, 0.2) is 0 Å². The number of para-hydroxylation sites is 1. The fourth-order valence-corrected chi connectivity index (χ4v) is 9.01. The Morgan fingerprint density at radius 2 is 2.03 bits per heavy atom. The first kappa shape index (κ1) is 27.7. The number of rotatable bonds is 12. The van der Waals surface area contributed by atoms with Gasteiger partial charge in [-0.3, -0.25) is 14.4 Å². The Kier molecular flexibility index (Phi) is 8.71. The predicted octanol–water partition coefficient (Wildman–Crippen LogP) is 4.09. The quantitative estimate of drug-likeness (QED) is 0.241. The van der Waals surface area contributed by atoms with Gasteiger partial charge in [0.2, 0.25) is 5.91 Å². The Hall–Kier alpha value is -2.29. The molecule has 0 saturated carbocycles. The zero-order valence-corrected chi connectivity index (χ0v) is 22.8. The molecule has 0 aromatic heterocycles. The highest BCUT2D eigenvalue weighted by molar-refractivity contribution is 8.02. The summed E-state index contributed by atoms with van der Waals surface area (Å²) in [5, 5.41) is 9.58. The summed E-state index contributed by atoms with van der Waals surface area (Å²) in [6.45, 7) is 10.3. The summed E-state index contributed by atoms with van der Waals surface area (Å²) >= 11 is 8.13. The van der Waals surface area contributed by atoms with Gasteiger partial charge in [-0.05, 0) is 43.7 Å². The number of carbonyl (C=O) groups excluding carboxylic acids is 3. The molecule has 4 rings (SSSR count). The lowest BCUT2D eigenvalue weighted by molar-refractivity contribution is -0.153. The number of halogens is 1. The predicted molar refractivity (Wildman–Crippen MR) is 146 cm³/mol. The maximum atomic E-state index is 14.5. The summed E-state index contributed by atoms with van der Waals surface area (Å²) in [5.74, 6) is -1.96. The van der Waals surface area contributed by atoms with Crippen LogP contribution in [-0.4, -0.2) is 70.1 Å². The van der Waals surface area contributed by atoms with Crippen molar-refractivity contribution in [3.8, 4) is 0 Å². The normalized spacial score (nSPS) is 29.8. The molecule has 3 unspecified atom stereocenters. The van der Waals surface area contributed by atoms with Crippen LogP contribution in [0.2, 0.25) is 5.02 Å². The SMILES string of the molecule is C=CCOC(=O)[C@@H]1[C@H]2C(=O)N(CCCCCO)C(C(=O)N(CC=C)c3ccccc3Cl)C23S[C@@H]1CC3C. The molecule has 3 aliphatic heterocycles. The first-order chi connectivity index (χ1) is 17.8. The van der Waals surface area contributed by atoms with Crippen LogP contribution in [0.1, 0.15) is 32.6 Å². The van der Waals surface area contributed by atoms with Gasteiger partial charge in [0.05, 0.1) is 27.3 Å². The van der Waals surface area contributed by atoms with Gasteiger partial charge in [-0.1, -0.05) is 49.4 Å². The average molecular weight is 547 g/mol. The van der Waals surface area contributed by atoms with Crippen molar-refractivity contribution >= 4 is 46.8 Å². The Morgan fingerprint density at radius 1 is 1.27 bits per heavy atom. The third kappa shape index (κ3) is 4.72. The monoisotopic (exact) mass is 546 g/mol. The van der Waals surface area contributed by atoms with Crippen molar-refractivity contribution in [2.45, 2.75) is 48.6 Å². The number of likely N-dealkylation sites (tertiary alicyclic amines) is 1. The number of benzene rings is 1. The van der Waals surface area contributed by atoms with Crippen molar-refractivity contribution in [1.29, 1.82) is 0 Å². The number of thioether (sulfide) groups is 1. The number of carbonyl (C=O) groups is 3. The molecule has 0 radical (unpaired) electrons. The summed E-state index contributed by atoms with van der Waals surface area (Å²) < 4.78 is 4.69. The molecular weight excluding hydrogens is 512 g/mol. The van der Waals surface area contributed by atoms with Gasteiger partial charge >= 0.3 is 5.97 Å². The van der Waals surface area contributed by atoms with Crippen molar-refractivity contribution in [3.63, 3.8) is 0 Å². The van der Waals surface area contributed by atoms with Crippen molar-refractivity contribution in [1.82, 2.24) is 4.90 Å². The number of nitrogens with zero attached hydrogens (tertiary/aromatic N) is 2. The molecule has 200 valence electrons. The fraction of sp³-hybridized carbons (Fsp3) is 0.536. The third-order valence-electron chi connectivity index (χ3n) is 7.87. The minimum absolute atomic E-state index is 0.0492. The molecule has 2 bridgehead atoms. The number of aliphatic hydroxyl groups excluding tert-OH is 1. The van der Waals surface area contributed by atoms with E-state index in [1.165, 1.54) is 6.08 Å². The number of unbranched alkanes of at least 4 members (excludes halogenated alkanes) is 2. The standard InChI is InChI=1S/C28H35ClN2O5S/c1-4-13-30(20-12-8-7-11-19(20)29)26(34)24-28-18(3)17-21(37-28)22(27(35)36-16-5-2)23(28)25(33)31(24)14-9-6-10-15-32/h4-5,7-8,11-12,18,21-24,32H,1-2,6,9-10,13-17H2,3H3/t18?,21-,22+,23+,24?,28?/m1/s1. The Morgan fingerprint density at radius 3 is 2.70 bits per heavy atom. The van der Waals surface area contributed by atoms with Crippen LogP contribution in [0.5, 0.6) is 0 Å². The van der Waals surface area contributed by atoms with Gasteiger partial charge < -0.3 is 19.6 Å². The number of hydrogen-bond donors (Lipinski definition) is 1. The van der Waals surface area contributed by atoms with E-state index in [4.69, 9.17) is 16.3 Å². The van der Waals surface area contributed by atoms with Crippen LogP contribution in [0.4, 0.5) is 5.69 Å². The summed E-state index contributed by atoms with van der Waals surface area (Å²) in [6.07, 6.45) is 5.91. The molecule has 7 nitrogen and oxygen atoms in total. The maximum absolute atomic E-state index is 14.5. The second-order valence-electron chi connectivity index (χ2n) is 9.98. The van der Waals surface area contributed by atoms with Crippen LogP contribution in [0.15, 0.2) is 49.6 Å². The molecule has 2 amide bonds. The van der Waals surface area contributed by atoms with Gasteiger partial charge in [-0.2, -0.15) is 0 Å². The van der Waals surface area contributed by atoms with E-state index < -0.39 is 28.6 Å². The van der Waals surface area contributed by atoms with E-state index in [2.05, 4.69) is 20.1 Å². The average Bonchev–Trinajstić information content (AvgIpc) is 3.47. The molecule has 3 aliphatic rings. The van der Waals surface area contributed by atoms with E-state index in [1.54, 1.807) is 45.8 Å². The van der Waals surface area contributed by atoms with Crippen LogP contribution in [0, 0.1) is 17.8 Å². The van der Waals surface area contributed by atoms with Crippen LogP contribution >= 0.6 is 23.4 Å². The number of amides is 2. The fourth-order valence-electron chi connectivity index (χ4n) is 6.37. The van der Waals surface area contributed by atoms with Crippen LogP contribution in [-0.2, 0) is 19.1 Å². The van der Waals surface area contributed by atoms with E-state index >= 15 is 0 Å². The first-order valence-electron chi connectivity index (χ1n) is 12.9. The van der Waals surface area contributed by atoms with Gasteiger partial charge in [0.1, 0.15) is 12.6 Å². The van der Waals surface area contributed by atoms with Crippen LogP contribution < -0.4 is 4.90 Å². The topological polar surface area (TPSA) is 87.1 Å². The Bertz CT molecular complexity index is 1070. The lowest BCUT2D eigenvalue weighted by Gasteiger charge is -2.40. The molecule has 3 fully saturated rings. The molecule has 0 aliphatic carbocycles. The highest BCUT2D eigenvalue weighted by atomic mass is 35.5. The lowest BCUT2D eigenvalue weighted by Crippen LogP contribution is -2.57. The number of anilines is 1. The molecule has 1 spiro atoms. The number of ether oxygens (including phenoxy) is 1. The van der Waals surface area contributed by atoms with E-state index in [0.717, 1.165) is 12.8 Å². The third-order valence-corrected chi connectivity index (χ3v) is 10.3. The van der Waals surface area contributed by atoms with Gasteiger partial charge in [0.25, 0.3) is 5.91 Å². The molecular formula is C28H35ClN2O5S. The Balaban J connectivity index is 1.77. The van der Waals surface area contributed by atoms with E-state index in [9.17, 15) is 19.5 Å². The minimum Gasteiger partial charge on any atom is -0.461 e. The van der Waals surface area contributed by atoms with E-state index in [0.29, 0.717) is 30.1 Å². The largest absolute Gasteiger partial charge is 0.461 e. The summed E-state index contributed by atoms with van der Waals surface area (Å²) in [4.78, 5) is 45.0. The highest BCUT2D eigenvalue weighted by Gasteiger charge is 2.76. The van der Waals surface area contributed by atoms with Crippen molar-refractivity contribution in [3.05, 3.63) is 54.6 Å². The zero-order valence-electron chi connectivity index (χ0n) is 21.2. The molecule has 37 heavy (non-hydrogen) atoms. The number of hydrogen-bond acceptors (Lipinski definition) is 6. The number of esters is 1. The van der Waals surface area contributed by atoms with E-state index in [1.807, 2.05) is 6.07 Å². The van der Waals surface area contributed by atoms with Crippen molar-refractivity contribution in [2.75, 3.05) is 31.2 Å². The molecule has 3 saturated heterocycles. The molecule has 9 heteroatoms. The second kappa shape index (κ2) is 11.6. The summed E-state index contributed by atoms with van der Waals surface area (Å²) in [6, 6.07) is 6.40. The minimum atomic E-state index is -0.752. The molecule has 1 aromatic rings. The van der Waals surface area contributed by atoms with Crippen molar-refractivity contribution < 1.29 is 24.2 Å². The maximum Gasteiger partial charge on any atom is 0.311 e. The van der Waals surface area contributed by atoms with Gasteiger partial charge in [0, 0.05) is 24.9 Å². The summed E-state index contributed by atoms with van der Waals surface area (Å²) in [5.41, 5.74) is 0.564. The Labute approximate surface area is 227 Å². The molecule has 1 N–H and O–H groups in total. The molecule has 3 heterocycles. The molecule has 6 atom stereocenters. The number of fused-ring (bicyclic) bond motifs is 1. The first-order valence-corrected chi connectivity index (χ1v) is 14.1. The lowest BCUT2D eigenvalue weighted by atomic mass is 9.66. The molecule has 1 aromatic carbocycles. The van der Waals surface area contributed by atoms with E-state index in [-0.39, 0.29) is 42.7 Å². The summed E-state index contributed by atoms with van der Waals surface area (Å²) in [7, 11) is 0. The van der Waals surface area contributed by atoms with Crippen molar-refractivity contribution in [2.24, 2.45) is 17.8 Å². The van der Waals surface area contributed by atoms with Crippen LogP contribution in [0.3, 0.4) is 0 Å². The zero-order chi connectivity index (χ0) is 26.7.